The fraction of sp³-hybridized carbons (Fsp3) is 0.0909. The molecule has 0 aromatic heterocycles. The van der Waals surface area contributed by atoms with Gasteiger partial charge in [-0.15, -0.1) is 0 Å². The second-order valence-corrected chi connectivity index (χ2v) is 2.83. The minimum Gasteiger partial charge on any atom is -0.301 e. The van der Waals surface area contributed by atoms with E-state index in [4.69, 9.17) is 5.21 Å². The highest BCUT2D eigenvalue weighted by atomic mass is 16.5. The molecule has 0 aliphatic rings. The van der Waals surface area contributed by atoms with Crippen molar-refractivity contribution in [1.29, 1.82) is 0 Å². The first-order chi connectivity index (χ1) is 7.24. The molecule has 4 heteroatoms. The summed E-state index contributed by atoms with van der Waals surface area (Å²) >= 11 is 0. The van der Waals surface area contributed by atoms with Crippen LogP contribution in [0.2, 0.25) is 0 Å². The summed E-state index contributed by atoms with van der Waals surface area (Å²) in [5, 5.41) is 9.35. The summed E-state index contributed by atoms with van der Waals surface area (Å²) in [4.78, 5) is 21.2. The fourth-order valence-corrected chi connectivity index (χ4v) is 0.978. The van der Waals surface area contributed by atoms with Crippen molar-refractivity contribution in [2.75, 3.05) is 6.54 Å². The summed E-state index contributed by atoms with van der Waals surface area (Å²) in [5.74, 6) is -0.619. The number of hydroxylamine groups is 2. The average molecular weight is 205 g/mol. The van der Waals surface area contributed by atoms with Gasteiger partial charge in [-0.3, -0.25) is 10.0 Å². The van der Waals surface area contributed by atoms with Crippen LogP contribution in [-0.4, -0.2) is 29.0 Å². The molecule has 4 nitrogen and oxygen atoms in total. The second-order valence-electron chi connectivity index (χ2n) is 2.83. The number of carbonyl (C=O) groups excluding carboxylic acids is 2. The maximum Gasteiger partial charge on any atom is 0.270 e. The van der Waals surface area contributed by atoms with E-state index >= 15 is 0 Å². The van der Waals surface area contributed by atoms with Gasteiger partial charge in [0.2, 0.25) is 0 Å². The molecule has 0 fully saturated rings. The number of amides is 1. The van der Waals surface area contributed by atoms with Crippen molar-refractivity contribution in [3.63, 3.8) is 0 Å². The van der Waals surface area contributed by atoms with Gasteiger partial charge < -0.3 is 4.79 Å². The lowest BCUT2D eigenvalue weighted by Gasteiger charge is -2.07. The van der Waals surface area contributed by atoms with Crippen LogP contribution in [0.5, 0.6) is 0 Å². The number of nitrogens with zero attached hydrogens (tertiary/aromatic N) is 1. The zero-order chi connectivity index (χ0) is 11.1. The second kappa shape index (κ2) is 5.72. The summed E-state index contributed by atoms with van der Waals surface area (Å²) in [7, 11) is 0. The van der Waals surface area contributed by atoms with Gasteiger partial charge >= 0.3 is 0 Å². The Bertz CT molecular complexity index is 359. The Hall–Kier alpha value is -1.94. The van der Waals surface area contributed by atoms with Crippen LogP contribution in [0.1, 0.15) is 5.56 Å². The van der Waals surface area contributed by atoms with E-state index < -0.39 is 5.91 Å². The van der Waals surface area contributed by atoms with Crippen molar-refractivity contribution in [2.45, 2.75) is 0 Å². The van der Waals surface area contributed by atoms with Crippen molar-refractivity contribution in [3.8, 4) is 0 Å². The third-order valence-electron chi connectivity index (χ3n) is 1.72. The summed E-state index contributed by atoms with van der Waals surface area (Å²) in [5.41, 5.74) is 0.852. The van der Waals surface area contributed by atoms with Crippen LogP contribution in [0, 0.1) is 0 Å². The molecule has 0 heterocycles. The van der Waals surface area contributed by atoms with E-state index in [1.54, 1.807) is 6.08 Å². The molecule has 1 amide bonds. The van der Waals surface area contributed by atoms with Gasteiger partial charge in [-0.2, -0.15) is 0 Å². The lowest BCUT2D eigenvalue weighted by atomic mass is 10.2. The highest BCUT2D eigenvalue weighted by Gasteiger charge is 2.04. The Kier molecular flexibility index (Phi) is 4.25. The highest BCUT2D eigenvalue weighted by molar-refractivity contribution is 5.91. The Labute approximate surface area is 87.4 Å². The smallest absolute Gasteiger partial charge is 0.270 e. The minimum atomic E-state index is -0.619. The molecule has 15 heavy (non-hydrogen) atoms. The molecule has 1 aromatic rings. The number of hydrogen-bond acceptors (Lipinski definition) is 3. The molecule has 1 N–H and O–H groups in total. The van der Waals surface area contributed by atoms with Crippen LogP contribution in [0.25, 0.3) is 6.08 Å². The van der Waals surface area contributed by atoms with E-state index in [1.165, 1.54) is 6.08 Å². The number of rotatable bonds is 4. The van der Waals surface area contributed by atoms with Crippen molar-refractivity contribution >= 4 is 18.3 Å². The van der Waals surface area contributed by atoms with Gasteiger partial charge in [-0.1, -0.05) is 30.3 Å². The summed E-state index contributed by atoms with van der Waals surface area (Å²) < 4.78 is 0. The van der Waals surface area contributed by atoms with Crippen LogP contribution < -0.4 is 0 Å². The molecular formula is C11H11NO3. The largest absolute Gasteiger partial charge is 0.301 e. The third kappa shape index (κ3) is 3.74. The van der Waals surface area contributed by atoms with Gasteiger partial charge in [0.15, 0.2) is 0 Å². The van der Waals surface area contributed by atoms with Gasteiger partial charge in [0.25, 0.3) is 5.91 Å². The van der Waals surface area contributed by atoms with Crippen LogP contribution in [-0.2, 0) is 9.59 Å². The van der Waals surface area contributed by atoms with Gasteiger partial charge in [-0.05, 0) is 11.6 Å². The van der Waals surface area contributed by atoms with Gasteiger partial charge in [0.05, 0.1) is 0 Å². The molecule has 0 saturated carbocycles. The van der Waals surface area contributed by atoms with E-state index in [1.807, 2.05) is 30.3 Å². The lowest BCUT2D eigenvalue weighted by molar-refractivity contribution is -0.160. The van der Waals surface area contributed by atoms with Gasteiger partial charge in [0, 0.05) is 6.08 Å². The number of carbonyl (C=O) groups is 2. The maximum absolute atomic E-state index is 11.1. The van der Waals surface area contributed by atoms with Crippen LogP contribution in [0.3, 0.4) is 0 Å². The zero-order valence-electron chi connectivity index (χ0n) is 8.04. The zero-order valence-corrected chi connectivity index (χ0v) is 8.04. The quantitative estimate of drug-likeness (QED) is 0.347. The van der Waals surface area contributed by atoms with E-state index in [0.29, 0.717) is 11.3 Å². The van der Waals surface area contributed by atoms with E-state index in [0.717, 1.165) is 5.56 Å². The average Bonchev–Trinajstić information content (AvgIpc) is 2.27. The predicted octanol–water partition coefficient (Wildman–Crippen LogP) is 1.12. The van der Waals surface area contributed by atoms with Crippen LogP contribution in [0.4, 0.5) is 0 Å². The first-order valence-electron chi connectivity index (χ1n) is 4.41. The number of hydrogen-bond donors (Lipinski definition) is 1. The molecule has 0 spiro atoms. The topological polar surface area (TPSA) is 57.6 Å². The first kappa shape index (κ1) is 11.1. The number of aldehydes is 1. The van der Waals surface area contributed by atoms with E-state index in [2.05, 4.69) is 0 Å². The van der Waals surface area contributed by atoms with E-state index in [9.17, 15) is 9.59 Å². The fourth-order valence-electron chi connectivity index (χ4n) is 0.978. The predicted molar refractivity (Wildman–Crippen MR) is 55.0 cm³/mol. The van der Waals surface area contributed by atoms with Crippen molar-refractivity contribution in [1.82, 2.24) is 5.06 Å². The molecule has 0 unspecified atom stereocenters. The van der Waals surface area contributed by atoms with E-state index in [-0.39, 0.29) is 6.54 Å². The molecule has 0 aliphatic heterocycles. The molecule has 0 saturated heterocycles. The highest BCUT2D eigenvalue weighted by Crippen LogP contribution is 2.01. The van der Waals surface area contributed by atoms with Crippen LogP contribution >= 0.6 is 0 Å². The summed E-state index contributed by atoms with van der Waals surface area (Å²) in [6.45, 7) is -0.321. The van der Waals surface area contributed by atoms with Gasteiger partial charge in [0.1, 0.15) is 12.8 Å². The Morgan fingerprint density at radius 2 is 2.00 bits per heavy atom. The normalized spacial score (nSPS) is 10.2. The molecule has 78 valence electrons. The lowest BCUT2D eigenvalue weighted by Crippen LogP contribution is -2.27. The Balaban J connectivity index is 2.58. The van der Waals surface area contributed by atoms with Crippen molar-refractivity contribution in [2.24, 2.45) is 0 Å². The van der Waals surface area contributed by atoms with Crippen molar-refractivity contribution in [3.05, 3.63) is 42.0 Å². The first-order valence-corrected chi connectivity index (χ1v) is 4.41. The monoisotopic (exact) mass is 205 g/mol. The SMILES string of the molecule is O=CCN(O)C(=O)/C=C/c1ccccc1. The molecule has 1 aromatic carbocycles. The van der Waals surface area contributed by atoms with Gasteiger partial charge in [-0.25, -0.2) is 5.06 Å². The molecule has 0 atom stereocenters. The molecule has 0 bridgehead atoms. The standard InChI is InChI=1S/C11H11NO3/c13-9-8-12(15)11(14)7-6-10-4-2-1-3-5-10/h1-7,9,15H,8H2/b7-6+. The number of benzene rings is 1. The Morgan fingerprint density at radius 3 is 2.60 bits per heavy atom. The van der Waals surface area contributed by atoms with Crippen molar-refractivity contribution < 1.29 is 14.8 Å². The third-order valence-corrected chi connectivity index (χ3v) is 1.72. The summed E-state index contributed by atoms with van der Waals surface area (Å²) in [6, 6.07) is 9.19. The summed E-state index contributed by atoms with van der Waals surface area (Å²) in [6.07, 6.45) is 3.23. The molecule has 0 aliphatic carbocycles. The van der Waals surface area contributed by atoms with Crippen LogP contribution in [0.15, 0.2) is 36.4 Å². The minimum absolute atomic E-state index is 0.321. The molecule has 0 radical (unpaired) electrons. The molecular weight excluding hydrogens is 194 g/mol. The molecule has 1 rings (SSSR count). The Morgan fingerprint density at radius 1 is 1.33 bits per heavy atom. The maximum atomic E-state index is 11.1.